The standard InChI is InChI=1S/C14H22ClN5S/c1-3-7-16-14(21)19-13-17-11(15)9-12(18-13)20-8-5-4-6-10(20)2/h9-10H,3-8H2,1-2H3,(H2,16,17,18,19,21). The highest BCUT2D eigenvalue weighted by Crippen LogP contribution is 2.25. The minimum atomic E-state index is 0.429. The third kappa shape index (κ3) is 4.68. The summed E-state index contributed by atoms with van der Waals surface area (Å²) in [7, 11) is 0. The third-order valence-electron chi connectivity index (χ3n) is 3.54. The van der Waals surface area contributed by atoms with Gasteiger partial charge < -0.3 is 15.5 Å². The molecule has 0 saturated carbocycles. The summed E-state index contributed by atoms with van der Waals surface area (Å²) < 4.78 is 0. The van der Waals surface area contributed by atoms with Crippen molar-refractivity contribution in [1.82, 2.24) is 15.3 Å². The van der Waals surface area contributed by atoms with Gasteiger partial charge in [-0.1, -0.05) is 18.5 Å². The smallest absolute Gasteiger partial charge is 0.232 e. The van der Waals surface area contributed by atoms with Gasteiger partial charge in [0.1, 0.15) is 11.0 Å². The van der Waals surface area contributed by atoms with E-state index in [4.69, 9.17) is 23.8 Å². The van der Waals surface area contributed by atoms with E-state index in [0.717, 1.165) is 25.3 Å². The van der Waals surface area contributed by atoms with Crippen molar-refractivity contribution in [2.45, 2.75) is 45.6 Å². The predicted octanol–water partition coefficient (Wildman–Crippen LogP) is 3.21. The first kappa shape index (κ1) is 16.2. The van der Waals surface area contributed by atoms with E-state index in [9.17, 15) is 0 Å². The van der Waals surface area contributed by atoms with Crippen molar-refractivity contribution in [2.75, 3.05) is 23.3 Å². The second-order valence-corrected chi connectivity index (χ2v) is 6.09. The normalized spacial score (nSPS) is 18.4. The Balaban J connectivity index is 2.11. The second kappa shape index (κ2) is 7.75. The van der Waals surface area contributed by atoms with E-state index in [2.05, 4.69) is 39.3 Å². The largest absolute Gasteiger partial charge is 0.362 e. The van der Waals surface area contributed by atoms with Gasteiger partial charge in [0, 0.05) is 25.2 Å². The van der Waals surface area contributed by atoms with Crippen LogP contribution in [0.25, 0.3) is 0 Å². The van der Waals surface area contributed by atoms with Crippen molar-refractivity contribution >= 4 is 40.7 Å². The van der Waals surface area contributed by atoms with E-state index in [1.807, 2.05) is 6.07 Å². The predicted molar refractivity (Wildman–Crippen MR) is 92.2 cm³/mol. The lowest BCUT2D eigenvalue weighted by Crippen LogP contribution is -2.38. The minimum Gasteiger partial charge on any atom is -0.362 e. The van der Waals surface area contributed by atoms with Crippen LogP contribution in [0.1, 0.15) is 39.5 Å². The molecule has 0 spiro atoms. The summed E-state index contributed by atoms with van der Waals surface area (Å²) in [5.74, 6) is 1.31. The summed E-state index contributed by atoms with van der Waals surface area (Å²) in [6, 6.07) is 2.29. The molecule has 1 aliphatic rings. The number of rotatable bonds is 4. The number of nitrogens with zero attached hydrogens (tertiary/aromatic N) is 3. The first-order valence-corrected chi connectivity index (χ1v) is 8.25. The van der Waals surface area contributed by atoms with Gasteiger partial charge in [-0.05, 0) is 44.8 Å². The van der Waals surface area contributed by atoms with Crippen LogP contribution in [-0.4, -0.2) is 34.2 Å². The highest BCUT2D eigenvalue weighted by Gasteiger charge is 2.20. The molecule has 1 atom stereocenters. The number of aromatic nitrogens is 2. The molecule has 0 aromatic carbocycles. The van der Waals surface area contributed by atoms with Crippen molar-refractivity contribution in [3.8, 4) is 0 Å². The van der Waals surface area contributed by atoms with Gasteiger partial charge >= 0.3 is 0 Å². The number of thiocarbonyl (C=S) groups is 1. The van der Waals surface area contributed by atoms with Gasteiger partial charge in [0.15, 0.2) is 5.11 Å². The molecule has 1 fully saturated rings. The highest BCUT2D eigenvalue weighted by atomic mass is 35.5. The molecule has 1 aromatic rings. The lowest BCUT2D eigenvalue weighted by atomic mass is 10.0. The molecular weight excluding hydrogens is 306 g/mol. The van der Waals surface area contributed by atoms with Crippen LogP contribution in [0.15, 0.2) is 6.07 Å². The molecule has 0 amide bonds. The number of nitrogens with one attached hydrogen (secondary N) is 2. The van der Waals surface area contributed by atoms with Crippen molar-refractivity contribution in [3.05, 3.63) is 11.2 Å². The van der Waals surface area contributed by atoms with Crippen molar-refractivity contribution in [2.24, 2.45) is 0 Å². The zero-order valence-electron chi connectivity index (χ0n) is 12.5. The van der Waals surface area contributed by atoms with Crippen LogP contribution in [0, 0.1) is 0 Å². The summed E-state index contributed by atoms with van der Waals surface area (Å²) in [4.78, 5) is 11.0. The molecule has 0 aliphatic carbocycles. The highest BCUT2D eigenvalue weighted by molar-refractivity contribution is 7.80. The average molecular weight is 328 g/mol. The Morgan fingerprint density at radius 2 is 2.29 bits per heavy atom. The average Bonchev–Trinajstić information content (AvgIpc) is 2.45. The summed E-state index contributed by atoms with van der Waals surface area (Å²) in [6.45, 7) is 6.13. The maximum Gasteiger partial charge on any atom is 0.232 e. The molecule has 0 radical (unpaired) electrons. The second-order valence-electron chi connectivity index (χ2n) is 5.29. The number of hydrogen-bond donors (Lipinski definition) is 2. The maximum atomic E-state index is 6.12. The molecule has 0 bridgehead atoms. The molecular formula is C14H22ClN5S. The maximum absolute atomic E-state index is 6.12. The molecule has 1 aliphatic heterocycles. The van der Waals surface area contributed by atoms with Gasteiger partial charge in [0.2, 0.25) is 5.95 Å². The zero-order valence-corrected chi connectivity index (χ0v) is 14.1. The van der Waals surface area contributed by atoms with Gasteiger partial charge in [-0.3, -0.25) is 0 Å². The topological polar surface area (TPSA) is 53.1 Å². The van der Waals surface area contributed by atoms with E-state index in [1.54, 1.807) is 0 Å². The molecule has 21 heavy (non-hydrogen) atoms. The molecule has 116 valence electrons. The molecule has 1 saturated heterocycles. The fraction of sp³-hybridized carbons (Fsp3) is 0.643. The Bertz CT molecular complexity index is 496. The first-order chi connectivity index (χ1) is 10.1. The van der Waals surface area contributed by atoms with Gasteiger partial charge in [-0.25, -0.2) is 4.98 Å². The Labute approximate surface area is 136 Å². The van der Waals surface area contributed by atoms with Crippen molar-refractivity contribution in [3.63, 3.8) is 0 Å². The van der Waals surface area contributed by atoms with E-state index >= 15 is 0 Å². The zero-order chi connectivity index (χ0) is 15.2. The van der Waals surface area contributed by atoms with Gasteiger partial charge in [-0.2, -0.15) is 4.98 Å². The molecule has 2 N–H and O–H groups in total. The lowest BCUT2D eigenvalue weighted by molar-refractivity contribution is 0.481. The van der Waals surface area contributed by atoms with Crippen LogP contribution in [-0.2, 0) is 0 Å². The molecule has 2 rings (SSSR count). The van der Waals surface area contributed by atoms with E-state index in [0.29, 0.717) is 22.3 Å². The lowest BCUT2D eigenvalue weighted by Gasteiger charge is -2.34. The van der Waals surface area contributed by atoms with Crippen molar-refractivity contribution < 1.29 is 0 Å². The Morgan fingerprint density at radius 1 is 1.48 bits per heavy atom. The number of halogens is 1. The van der Waals surface area contributed by atoms with Crippen LogP contribution >= 0.6 is 23.8 Å². The monoisotopic (exact) mass is 327 g/mol. The van der Waals surface area contributed by atoms with Crippen LogP contribution in [0.4, 0.5) is 11.8 Å². The van der Waals surface area contributed by atoms with Crippen LogP contribution < -0.4 is 15.5 Å². The SMILES string of the molecule is CCCNC(=S)Nc1nc(Cl)cc(N2CCCCC2C)n1. The van der Waals surface area contributed by atoms with Crippen LogP contribution in [0.5, 0.6) is 0 Å². The fourth-order valence-corrected chi connectivity index (χ4v) is 2.80. The molecule has 1 unspecified atom stereocenters. The summed E-state index contributed by atoms with van der Waals surface area (Å²) >= 11 is 11.3. The van der Waals surface area contributed by atoms with Crippen LogP contribution in [0.3, 0.4) is 0 Å². The summed E-state index contributed by atoms with van der Waals surface area (Å²) in [6.07, 6.45) is 4.65. The summed E-state index contributed by atoms with van der Waals surface area (Å²) in [5, 5.41) is 7.04. The van der Waals surface area contributed by atoms with E-state index in [1.165, 1.54) is 19.3 Å². The molecule has 7 heteroatoms. The van der Waals surface area contributed by atoms with Gasteiger partial charge in [0.25, 0.3) is 0 Å². The summed E-state index contributed by atoms with van der Waals surface area (Å²) in [5.41, 5.74) is 0. The molecule has 2 heterocycles. The first-order valence-electron chi connectivity index (χ1n) is 7.46. The Morgan fingerprint density at radius 3 is 3.00 bits per heavy atom. The van der Waals surface area contributed by atoms with E-state index in [-0.39, 0.29) is 0 Å². The fourth-order valence-electron chi connectivity index (χ4n) is 2.43. The molecule has 5 nitrogen and oxygen atoms in total. The minimum absolute atomic E-state index is 0.429. The quantitative estimate of drug-likeness (QED) is 0.654. The third-order valence-corrected chi connectivity index (χ3v) is 3.98. The van der Waals surface area contributed by atoms with E-state index < -0.39 is 0 Å². The van der Waals surface area contributed by atoms with Crippen molar-refractivity contribution in [1.29, 1.82) is 0 Å². The van der Waals surface area contributed by atoms with Gasteiger partial charge in [0.05, 0.1) is 0 Å². The Kier molecular flexibility index (Phi) is 5.99. The van der Waals surface area contributed by atoms with Gasteiger partial charge in [-0.15, -0.1) is 0 Å². The number of anilines is 2. The molecule has 1 aromatic heterocycles. The number of piperidine rings is 1. The van der Waals surface area contributed by atoms with Crippen LogP contribution in [0.2, 0.25) is 5.15 Å². The number of hydrogen-bond acceptors (Lipinski definition) is 4. The Hall–Kier alpha value is -1.14.